The first-order valence-corrected chi connectivity index (χ1v) is 3.11. The molecule has 1 aromatic heterocycles. The Morgan fingerprint density at radius 2 is 2.36 bits per heavy atom. The van der Waals surface area contributed by atoms with Crippen molar-refractivity contribution in [2.75, 3.05) is 5.73 Å². The summed E-state index contributed by atoms with van der Waals surface area (Å²) in [5.41, 5.74) is 5.59. The van der Waals surface area contributed by atoms with E-state index in [-0.39, 0.29) is 23.7 Å². The molecule has 1 aromatic rings. The Labute approximate surface area is 62.9 Å². The maximum absolute atomic E-state index is 11.0. The van der Waals surface area contributed by atoms with Gasteiger partial charge in [0, 0.05) is 0 Å². The molecule has 1 heterocycles. The Balaban J connectivity index is 3.37. The Kier molecular flexibility index (Phi) is 1.91. The van der Waals surface area contributed by atoms with Crippen LogP contribution in [0.2, 0.25) is 0 Å². The summed E-state index contributed by atoms with van der Waals surface area (Å²) >= 11 is 0. The molecule has 1 rings (SSSR count). The number of aryl methyl sites for hydroxylation is 1. The van der Waals surface area contributed by atoms with E-state index in [9.17, 15) is 4.79 Å². The van der Waals surface area contributed by atoms with Gasteiger partial charge in [-0.1, -0.05) is 0 Å². The number of aromatic amines is 1. The van der Waals surface area contributed by atoms with Crippen molar-refractivity contribution < 1.29 is 5.11 Å². The van der Waals surface area contributed by atoms with Gasteiger partial charge in [0.1, 0.15) is 0 Å². The first-order valence-electron chi connectivity index (χ1n) is 3.11. The van der Waals surface area contributed by atoms with Crippen LogP contribution in [0.15, 0.2) is 4.79 Å². The highest BCUT2D eigenvalue weighted by molar-refractivity contribution is 5.23. The molecule has 4 N–H and O–H groups in total. The smallest absolute Gasteiger partial charge is 0.258 e. The van der Waals surface area contributed by atoms with Gasteiger partial charge in [0.05, 0.1) is 17.9 Å². The third kappa shape index (κ3) is 1.38. The highest BCUT2D eigenvalue weighted by Gasteiger charge is 2.03. The zero-order valence-electron chi connectivity index (χ0n) is 6.09. The molecule has 5 nitrogen and oxygen atoms in total. The minimum absolute atomic E-state index is 0.0738. The van der Waals surface area contributed by atoms with E-state index in [2.05, 4.69) is 9.97 Å². The van der Waals surface area contributed by atoms with Gasteiger partial charge in [0.25, 0.3) is 5.56 Å². The number of nitrogens with two attached hydrogens (primary N) is 1. The number of nitrogens with zero attached hydrogens (tertiary/aromatic N) is 1. The molecule has 0 aliphatic carbocycles. The molecule has 11 heavy (non-hydrogen) atoms. The van der Waals surface area contributed by atoms with Crippen LogP contribution in [0.1, 0.15) is 11.3 Å². The third-order valence-electron chi connectivity index (χ3n) is 1.40. The first kappa shape index (κ1) is 7.74. The van der Waals surface area contributed by atoms with Crippen molar-refractivity contribution in [3.05, 3.63) is 21.6 Å². The summed E-state index contributed by atoms with van der Waals surface area (Å²) in [7, 11) is 0. The Hall–Kier alpha value is -1.36. The first-order chi connectivity index (χ1) is 5.15. The standard InChI is InChI=1S/C6H9N3O2/c1-3-4(2-10)5(11)9-6(7)8-3/h10H,2H2,1H3,(H3,7,8,9,11). The van der Waals surface area contributed by atoms with Crippen molar-refractivity contribution in [1.29, 1.82) is 0 Å². The molecule has 0 saturated heterocycles. The lowest BCUT2D eigenvalue weighted by Gasteiger charge is -1.99. The fourth-order valence-electron chi connectivity index (χ4n) is 0.818. The number of hydrogen-bond acceptors (Lipinski definition) is 4. The van der Waals surface area contributed by atoms with Gasteiger partial charge in [-0.05, 0) is 6.92 Å². The van der Waals surface area contributed by atoms with Gasteiger partial charge in [-0.2, -0.15) is 0 Å². The van der Waals surface area contributed by atoms with E-state index in [1.165, 1.54) is 0 Å². The molecule has 0 aliphatic rings. The largest absolute Gasteiger partial charge is 0.391 e. The average Bonchev–Trinajstić information content (AvgIpc) is 1.85. The van der Waals surface area contributed by atoms with E-state index in [0.29, 0.717) is 5.69 Å². The summed E-state index contributed by atoms with van der Waals surface area (Å²) in [5.74, 6) is 0.0738. The lowest BCUT2D eigenvalue weighted by atomic mass is 10.2. The molecule has 0 aliphatic heterocycles. The number of hydrogen-bond donors (Lipinski definition) is 3. The Morgan fingerprint density at radius 1 is 1.73 bits per heavy atom. The number of nitrogens with one attached hydrogen (secondary N) is 1. The minimum Gasteiger partial charge on any atom is -0.391 e. The van der Waals surface area contributed by atoms with Crippen LogP contribution in [-0.2, 0) is 6.61 Å². The Bertz CT molecular complexity index is 318. The molecule has 0 bridgehead atoms. The predicted octanol–water partition coefficient (Wildman–Crippen LogP) is -0.847. The fraction of sp³-hybridized carbons (Fsp3) is 0.333. The van der Waals surface area contributed by atoms with E-state index in [1.54, 1.807) is 6.92 Å². The summed E-state index contributed by atoms with van der Waals surface area (Å²) in [6, 6.07) is 0. The lowest BCUT2D eigenvalue weighted by Crippen LogP contribution is -2.18. The monoisotopic (exact) mass is 155 g/mol. The summed E-state index contributed by atoms with van der Waals surface area (Å²) < 4.78 is 0. The van der Waals surface area contributed by atoms with Crippen LogP contribution in [0.5, 0.6) is 0 Å². The van der Waals surface area contributed by atoms with Crippen molar-refractivity contribution in [1.82, 2.24) is 9.97 Å². The second-order valence-corrected chi connectivity index (χ2v) is 2.17. The quantitative estimate of drug-likeness (QED) is 0.492. The average molecular weight is 155 g/mol. The molecule has 0 fully saturated rings. The second-order valence-electron chi connectivity index (χ2n) is 2.17. The highest BCUT2D eigenvalue weighted by Crippen LogP contribution is 1.98. The van der Waals surface area contributed by atoms with Crippen LogP contribution in [0.25, 0.3) is 0 Å². The van der Waals surface area contributed by atoms with E-state index in [0.717, 1.165) is 0 Å². The van der Waals surface area contributed by atoms with Gasteiger partial charge in [-0.15, -0.1) is 0 Å². The zero-order chi connectivity index (χ0) is 8.43. The normalized spacial score (nSPS) is 10.0. The molecule has 0 atom stereocenters. The molecule has 0 unspecified atom stereocenters. The van der Waals surface area contributed by atoms with E-state index in [1.807, 2.05) is 0 Å². The van der Waals surface area contributed by atoms with Crippen molar-refractivity contribution in [2.24, 2.45) is 0 Å². The maximum atomic E-state index is 11.0. The van der Waals surface area contributed by atoms with Crippen molar-refractivity contribution >= 4 is 5.95 Å². The fourth-order valence-corrected chi connectivity index (χ4v) is 0.818. The zero-order valence-corrected chi connectivity index (χ0v) is 6.09. The lowest BCUT2D eigenvalue weighted by molar-refractivity contribution is 0.278. The van der Waals surface area contributed by atoms with Crippen molar-refractivity contribution in [3.63, 3.8) is 0 Å². The molecule has 0 saturated carbocycles. The van der Waals surface area contributed by atoms with Crippen LogP contribution in [-0.4, -0.2) is 15.1 Å². The molecular formula is C6H9N3O2. The summed E-state index contributed by atoms with van der Waals surface area (Å²) in [5, 5.41) is 8.69. The third-order valence-corrected chi connectivity index (χ3v) is 1.40. The van der Waals surface area contributed by atoms with Crippen LogP contribution in [0.4, 0.5) is 5.95 Å². The summed E-state index contributed by atoms with van der Waals surface area (Å²) in [6.07, 6.45) is 0. The number of H-pyrrole nitrogens is 1. The molecule has 5 heteroatoms. The second kappa shape index (κ2) is 2.71. The van der Waals surface area contributed by atoms with Crippen molar-refractivity contribution in [3.8, 4) is 0 Å². The van der Waals surface area contributed by atoms with Crippen LogP contribution >= 0.6 is 0 Å². The molecule has 0 spiro atoms. The number of anilines is 1. The van der Waals surface area contributed by atoms with Crippen LogP contribution < -0.4 is 11.3 Å². The summed E-state index contributed by atoms with van der Waals surface area (Å²) in [4.78, 5) is 17.0. The predicted molar refractivity (Wildman–Crippen MR) is 39.9 cm³/mol. The van der Waals surface area contributed by atoms with Gasteiger partial charge < -0.3 is 10.8 Å². The Morgan fingerprint density at radius 3 is 2.82 bits per heavy atom. The number of nitrogen functional groups attached to an aromatic ring is 1. The van der Waals surface area contributed by atoms with Gasteiger partial charge in [-0.3, -0.25) is 9.78 Å². The number of aliphatic hydroxyl groups is 1. The molecule has 0 aromatic carbocycles. The van der Waals surface area contributed by atoms with Gasteiger partial charge in [0.2, 0.25) is 5.95 Å². The van der Waals surface area contributed by atoms with E-state index in [4.69, 9.17) is 10.8 Å². The van der Waals surface area contributed by atoms with Crippen molar-refractivity contribution in [2.45, 2.75) is 13.5 Å². The van der Waals surface area contributed by atoms with Crippen LogP contribution in [0.3, 0.4) is 0 Å². The van der Waals surface area contributed by atoms with Gasteiger partial charge in [0.15, 0.2) is 0 Å². The number of rotatable bonds is 1. The van der Waals surface area contributed by atoms with Gasteiger partial charge >= 0.3 is 0 Å². The maximum Gasteiger partial charge on any atom is 0.258 e. The van der Waals surface area contributed by atoms with Crippen LogP contribution in [0, 0.1) is 6.92 Å². The number of aliphatic hydroxyl groups excluding tert-OH is 1. The SMILES string of the molecule is Cc1nc(N)[nH]c(=O)c1CO. The summed E-state index contributed by atoms with van der Waals surface area (Å²) in [6.45, 7) is 1.31. The highest BCUT2D eigenvalue weighted by atomic mass is 16.3. The van der Waals surface area contributed by atoms with E-state index < -0.39 is 0 Å². The minimum atomic E-state index is -0.377. The molecule has 60 valence electrons. The molecule has 0 amide bonds. The number of aromatic nitrogens is 2. The van der Waals surface area contributed by atoms with Gasteiger partial charge in [-0.25, -0.2) is 4.98 Å². The molecule has 0 radical (unpaired) electrons. The topological polar surface area (TPSA) is 92.0 Å². The van der Waals surface area contributed by atoms with E-state index >= 15 is 0 Å². The molecular weight excluding hydrogens is 146 g/mol.